The van der Waals surface area contributed by atoms with E-state index < -0.39 is 0 Å². The summed E-state index contributed by atoms with van der Waals surface area (Å²) >= 11 is 0. The maximum absolute atomic E-state index is 5.23. The molecule has 1 heteroatoms. The first-order valence-corrected chi connectivity index (χ1v) is 3.85. The fraction of sp³-hybridized carbons (Fsp3) is 0.273. The Kier molecular flexibility index (Phi) is 2.76. The number of methoxy groups -OCH3 is 1. The van der Waals surface area contributed by atoms with Gasteiger partial charge >= 0.3 is 0 Å². The lowest BCUT2D eigenvalue weighted by Crippen LogP contribution is -1.91. The van der Waals surface area contributed by atoms with Crippen molar-refractivity contribution in [1.29, 1.82) is 0 Å². The molecule has 0 radical (unpaired) electrons. The summed E-state index contributed by atoms with van der Waals surface area (Å²) in [7, 11) is 1.66. The molecule has 0 aliphatic heterocycles. The highest BCUT2D eigenvalue weighted by Gasteiger charge is 2.00. The lowest BCUT2D eigenvalue weighted by Gasteiger charge is -2.05. The van der Waals surface area contributed by atoms with Crippen molar-refractivity contribution in [2.45, 2.75) is 13.3 Å². The molecule has 0 heterocycles. The first kappa shape index (κ1) is 8.67. The number of ether oxygens (including phenoxy) is 1. The maximum atomic E-state index is 5.23. The first-order chi connectivity index (χ1) is 5.77. The zero-order valence-corrected chi connectivity index (χ0v) is 7.42. The molecule has 0 bridgehead atoms. The van der Waals surface area contributed by atoms with Gasteiger partial charge < -0.3 is 4.74 Å². The van der Waals surface area contributed by atoms with E-state index in [1.807, 2.05) is 19.1 Å². The Balaban J connectivity index is 3.05. The van der Waals surface area contributed by atoms with Gasteiger partial charge in [-0.25, -0.2) is 0 Å². The van der Waals surface area contributed by atoms with Crippen LogP contribution >= 0.6 is 0 Å². The summed E-state index contributed by atoms with van der Waals surface area (Å²) in [6.07, 6.45) is 5.86. The van der Waals surface area contributed by atoms with E-state index >= 15 is 0 Å². The molecule has 0 saturated heterocycles. The van der Waals surface area contributed by atoms with Crippen molar-refractivity contribution in [1.82, 2.24) is 0 Å². The van der Waals surface area contributed by atoms with Gasteiger partial charge in [-0.3, -0.25) is 0 Å². The average molecular weight is 160 g/mol. The summed E-state index contributed by atoms with van der Waals surface area (Å²) < 4.78 is 5.16. The smallest absolute Gasteiger partial charge is 0.123 e. The van der Waals surface area contributed by atoms with Crippen molar-refractivity contribution in [2.24, 2.45) is 0 Å². The largest absolute Gasteiger partial charge is 0.496 e. The molecule has 0 aliphatic rings. The fourth-order valence-corrected chi connectivity index (χ4v) is 1.16. The second-order valence-corrected chi connectivity index (χ2v) is 2.70. The number of hydrogen-bond acceptors (Lipinski definition) is 1. The van der Waals surface area contributed by atoms with E-state index in [4.69, 9.17) is 11.2 Å². The van der Waals surface area contributed by atoms with Crippen LogP contribution in [0.25, 0.3) is 0 Å². The average Bonchev–Trinajstić information content (AvgIpc) is 2.05. The third-order valence-electron chi connectivity index (χ3n) is 1.73. The summed E-state index contributed by atoms with van der Waals surface area (Å²) in [6.45, 7) is 2.04. The molecule has 62 valence electrons. The standard InChI is InChI=1S/C11H12O/c1-4-5-10-8-9(2)6-7-11(10)12-3/h1,6-8H,5H2,2-3H3. The van der Waals surface area contributed by atoms with Crippen LogP contribution in [0.2, 0.25) is 0 Å². The minimum Gasteiger partial charge on any atom is -0.496 e. The summed E-state index contributed by atoms with van der Waals surface area (Å²) in [6, 6.07) is 6.01. The molecule has 0 saturated carbocycles. The molecule has 0 aliphatic carbocycles. The van der Waals surface area contributed by atoms with E-state index in [1.54, 1.807) is 7.11 Å². The highest BCUT2D eigenvalue weighted by molar-refractivity contribution is 5.38. The highest BCUT2D eigenvalue weighted by Crippen LogP contribution is 2.19. The van der Waals surface area contributed by atoms with E-state index in [0.29, 0.717) is 6.42 Å². The Morgan fingerprint density at radius 2 is 2.25 bits per heavy atom. The summed E-state index contributed by atoms with van der Waals surface area (Å²) in [5.74, 6) is 3.48. The van der Waals surface area contributed by atoms with Crippen LogP contribution in [0, 0.1) is 19.3 Å². The first-order valence-electron chi connectivity index (χ1n) is 3.85. The lowest BCUT2D eigenvalue weighted by molar-refractivity contribution is 0.411. The summed E-state index contributed by atoms with van der Waals surface area (Å²) in [5, 5.41) is 0. The molecular weight excluding hydrogens is 148 g/mol. The Bertz CT molecular complexity index is 307. The van der Waals surface area contributed by atoms with Gasteiger partial charge in [-0.15, -0.1) is 12.3 Å². The van der Waals surface area contributed by atoms with Crippen molar-refractivity contribution < 1.29 is 4.74 Å². The van der Waals surface area contributed by atoms with E-state index in [0.717, 1.165) is 11.3 Å². The van der Waals surface area contributed by atoms with Gasteiger partial charge in [0.15, 0.2) is 0 Å². The van der Waals surface area contributed by atoms with Gasteiger partial charge in [0.05, 0.1) is 7.11 Å². The predicted molar refractivity (Wildman–Crippen MR) is 50.3 cm³/mol. The number of rotatable bonds is 2. The SMILES string of the molecule is C#CCc1cc(C)ccc1OC. The summed E-state index contributed by atoms with van der Waals surface area (Å²) in [5.41, 5.74) is 2.29. The minimum atomic E-state index is 0.630. The molecule has 0 N–H and O–H groups in total. The van der Waals surface area contributed by atoms with Crippen LogP contribution in [0.5, 0.6) is 5.75 Å². The zero-order chi connectivity index (χ0) is 8.97. The molecule has 0 spiro atoms. The molecule has 0 atom stereocenters. The Morgan fingerprint density at radius 1 is 1.50 bits per heavy atom. The van der Waals surface area contributed by atoms with Gasteiger partial charge in [0, 0.05) is 12.0 Å². The van der Waals surface area contributed by atoms with Crippen molar-refractivity contribution in [3.05, 3.63) is 29.3 Å². The van der Waals surface area contributed by atoms with Gasteiger partial charge in [-0.2, -0.15) is 0 Å². The molecule has 1 rings (SSSR count). The van der Waals surface area contributed by atoms with E-state index in [2.05, 4.69) is 12.0 Å². The van der Waals surface area contributed by atoms with Crippen LogP contribution in [-0.4, -0.2) is 7.11 Å². The van der Waals surface area contributed by atoms with Crippen LogP contribution in [0.15, 0.2) is 18.2 Å². The normalized spacial score (nSPS) is 9.08. The Labute approximate surface area is 73.4 Å². The third-order valence-corrected chi connectivity index (χ3v) is 1.73. The summed E-state index contributed by atoms with van der Waals surface area (Å²) in [4.78, 5) is 0. The topological polar surface area (TPSA) is 9.23 Å². The van der Waals surface area contributed by atoms with Crippen LogP contribution in [0.4, 0.5) is 0 Å². The molecule has 1 aromatic rings. The van der Waals surface area contributed by atoms with Crippen molar-refractivity contribution in [2.75, 3.05) is 7.11 Å². The van der Waals surface area contributed by atoms with Gasteiger partial charge in [0.1, 0.15) is 5.75 Å². The quantitative estimate of drug-likeness (QED) is 0.602. The fourth-order valence-electron chi connectivity index (χ4n) is 1.16. The Morgan fingerprint density at radius 3 is 2.83 bits per heavy atom. The Hall–Kier alpha value is -1.42. The molecule has 0 fully saturated rings. The number of benzene rings is 1. The lowest BCUT2D eigenvalue weighted by atomic mass is 10.1. The second-order valence-electron chi connectivity index (χ2n) is 2.70. The molecule has 0 aromatic heterocycles. The van der Waals surface area contributed by atoms with Crippen LogP contribution in [-0.2, 0) is 6.42 Å². The van der Waals surface area contributed by atoms with Gasteiger partial charge in [0.25, 0.3) is 0 Å². The third kappa shape index (κ3) is 1.79. The molecule has 0 unspecified atom stereocenters. The van der Waals surface area contributed by atoms with Crippen LogP contribution < -0.4 is 4.74 Å². The molecule has 1 aromatic carbocycles. The maximum Gasteiger partial charge on any atom is 0.123 e. The van der Waals surface area contributed by atoms with E-state index in [1.165, 1.54) is 5.56 Å². The number of hydrogen-bond donors (Lipinski definition) is 0. The molecule has 12 heavy (non-hydrogen) atoms. The number of aryl methyl sites for hydroxylation is 1. The van der Waals surface area contributed by atoms with Gasteiger partial charge in [-0.05, 0) is 13.0 Å². The van der Waals surface area contributed by atoms with E-state index in [9.17, 15) is 0 Å². The molecule has 1 nitrogen and oxygen atoms in total. The van der Waals surface area contributed by atoms with E-state index in [-0.39, 0.29) is 0 Å². The number of terminal acetylenes is 1. The van der Waals surface area contributed by atoms with Gasteiger partial charge in [0.2, 0.25) is 0 Å². The van der Waals surface area contributed by atoms with Gasteiger partial charge in [-0.1, -0.05) is 17.7 Å². The molecule has 0 amide bonds. The predicted octanol–water partition coefficient (Wildman–Crippen LogP) is 2.18. The monoisotopic (exact) mass is 160 g/mol. The minimum absolute atomic E-state index is 0.630. The highest BCUT2D eigenvalue weighted by atomic mass is 16.5. The zero-order valence-electron chi connectivity index (χ0n) is 7.42. The molecular formula is C11H12O. The van der Waals surface area contributed by atoms with Crippen molar-refractivity contribution in [3.63, 3.8) is 0 Å². The van der Waals surface area contributed by atoms with Crippen LogP contribution in [0.3, 0.4) is 0 Å². The van der Waals surface area contributed by atoms with Crippen molar-refractivity contribution >= 4 is 0 Å². The van der Waals surface area contributed by atoms with Crippen LogP contribution in [0.1, 0.15) is 11.1 Å². The van der Waals surface area contributed by atoms with Crippen molar-refractivity contribution in [3.8, 4) is 18.1 Å². The second kappa shape index (κ2) is 3.82.